The largest absolute Gasteiger partial charge is 0.376 e. The molecule has 3 rings (SSSR count). The van der Waals surface area contributed by atoms with Crippen molar-refractivity contribution in [3.63, 3.8) is 0 Å². The molecule has 1 aliphatic heterocycles. The Kier molecular flexibility index (Phi) is 3.35. The molecule has 1 heterocycles. The minimum Gasteiger partial charge on any atom is -0.376 e. The summed E-state index contributed by atoms with van der Waals surface area (Å²) < 4.78 is 5.75. The molecule has 108 valence electrons. The van der Waals surface area contributed by atoms with Gasteiger partial charge in [-0.2, -0.15) is 0 Å². The minimum absolute atomic E-state index is 0.000385. The van der Waals surface area contributed by atoms with Crippen molar-refractivity contribution in [3.05, 3.63) is 33.9 Å². The Morgan fingerprint density at radius 2 is 2.30 bits per heavy atom. The maximum absolute atomic E-state index is 11.1. The fraction of sp³-hybridized carbons (Fsp3) is 0.571. The normalized spacial score (nSPS) is 32.1. The van der Waals surface area contributed by atoms with Crippen LogP contribution in [0.15, 0.2) is 18.2 Å². The van der Waals surface area contributed by atoms with Crippen LogP contribution in [0.5, 0.6) is 0 Å². The van der Waals surface area contributed by atoms with Gasteiger partial charge in [-0.05, 0) is 31.4 Å². The Morgan fingerprint density at radius 3 is 3.05 bits per heavy atom. The molecule has 1 aromatic carbocycles. The van der Waals surface area contributed by atoms with E-state index in [1.54, 1.807) is 12.1 Å². The van der Waals surface area contributed by atoms with Crippen LogP contribution in [0.4, 0.5) is 11.4 Å². The number of ether oxygens (including phenoxy) is 1. The summed E-state index contributed by atoms with van der Waals surface area (Å²) in [6.07, 6.45) is 2.21. The van der Waals surface area contributed by atoms with E-state index in [1.165, 1.54) is 6.07 Å². The summed E-state index contributed by atoms with van der Waals surface area (Å²) in [7, 11) is 0. The monoisotopic (exact) mass is 277 g/mol. The minimum atomic E-state index is -0.370. The van der Waals surface area contributed by atoms with Gasteiger partial charge in [0.15, 0.2) is 0 Å². The number of hydrogen-bond acceptors (Lipinski definition) is 5. The number of nitrogens with zero attached hydrogens (tertiary/aromatic N) is 1. The van der Waals surface area contributed by atoms with Crippen molar-refractivity contribution in [2.75, 3.05) is 11.9 Å². The van der Waals surface area contributed by atoms with Gasteiger partial charge in [0.25, 0.3) is 5.69 Å². The molecular formula is C14H19N3O3. The molecule has 0 amide bonds. The van der Waals surface area contributed by atoms with Gasteiger partial charge in [0.2, 0.25) is 0 Å². The Hall–Kier alpha value is -1.66. The van der Waals surface area contributed by atoms with E-state index in [0.717, 1.165) is 25.0 Å². The maximum atomic E-state index is 11.1. The van der Waals surface area contributed by atoms with Gasteiger partial charge in [-0.25, -0.2) is 0 Å². The highest BCUT2D eigenvalue weighted by molar-refractivity contribution is 5.63. The molecule has 1 aromatic rings. The van der Waals surface area contributed by atoms with Crippen LogP contribution in [0.3, 0.4) is 0 Å². The number of aryl methyl sites for hydroxylation is 1. The number of hydrogen-bond donors (Lipinski definition) is 2. The molecule has 0 aromatic heterocycles. The summed E-state index contributed by atoms with van der Waals surface area (Å²) in [6, 6.07) is 5.02. The molecule has 2 fully saturated rings. The van der Waals surface area contributed by atoms with E-state index in [9.17, 15) is 10.1 Å². The van der Waals surface area contributed by atoms with Crippen molar-refractivity contribution in [1.82, 2.24) is 0 Å². The van der Waals surface area contributed by atoms with E-state index in [0.29, 0.717) is 11.6 Å². The molecule has 1 saturated heterocycles. The van der Waals surface area contributed by atoms with E-state index in [4.69, 9.17) is 10.5 Å². The first-order valence-electron chi connectivity index (χ1n) is 6.96. The lowest BCUT2D eigenvalue weighted by molar-refractivity contribution is -0.384. The Morgan fingerprint density at radius 1 is 1.50 bits per heavy atom. The van der Waals surface area contributed by atoms with E-state index >= 15 is 0 Å². The van der Waals surface area contributed by atoms with Crippen molar-refractivity contribution >= 4 is 11.4 Å². The van der Waals surface area contributed by atoms with Gasteiger partial charge in [-0.15, -0.1) is 0 Å². The topological polar surface area (TPSA) is 90.4 Å². The Balaban J connectivity index is 1.81. The number of nitrogens with one attached hydrogen (secondary N) is 1. The number of benzene rings is 1. The number of nitro groups is 1. The lowest BCUT2D eigenvalue weighted by Crippen LogP contribution is -2.69. The predicted octanol–water partition coefficient (Wildman–Crippen LogP) is 1.82. The summed E-state index contributed by atoms with van der Waals surface area (Å²) >= 11 is 0. The van der Waals surface area contributed by atoms with Gasteiger partial charge in [0.1, 0.15) is 5.69 Å². The van der Waals surface area contributed by atoms with Crippen LogP contribution in [0, 0.1) is 23.0 Å². The van der Waals surface area contributed by atoms with E-state index in [1.807, 2.05) is 6.92 Å². The SMILES string of the molecule is Cc1ccc([N+](=O)[O-])c(NC2C(N)C3CCCOC32)c1. The number of fused-ring (bicyclic) bond motifs is 1. The van der Waals surface area contributed by atoms with Gasteiger partial charge in [0.05, 0.1) is 17.1 Å². The molecule has 3 N–H and O–H groups in total. The van der Waals surface area contributed by atoms with Gasteiger partial charge in [-0.1, -0.05) is 6.07 Å². The quantitative estimate of drug-likeness (QED) is 0.649. The summed E-state index contributed by atoms with van der Waals surface area (Å²) in [5, 5.41) is 14.3. The van der Waals surface area contributed by atoms with Crippen LogP contribution in [0.2, 0.25) is 0 Å². The van der Waals surface area contributed by atoms with Gasteiger partial charge in [-0.3, -0.25) is 10.1 Å². The van der Waals surface area contributed by atoms with Crippen molar-refractivity contribution in [2.24, 2.45) is 11.7 Å². The molecule has 6 nitrogen and oxygen atoms in total. The molecule has 0 spiro atoms. The second kappa shape index (κ2) is 5.03. The zero-order valence-corrected chi connectivity index (χ0v) is 11.4. The number of anilines is 1. The molecule has 0 bridgehead atoms. The standard InChI is InChI=1S/C14H19N3O3/c1-8-4-5-11(17(18)19)10(7-8)16-13-12(15)9-3-2-6-20-14(9)13/h4-5,7,9,12-14,16H,2-3,6,15H2,1H3. The van der Waals surface area contributed by atoms with Crippen molar-refractivity contribution < 1.29 is 9.66 Å². The highest BCUT2D eigenvalue weighted by Crippen LogP contribution is 2.39. The van der Waals surface area contributed by atoms with Gasteiger partial charge >= 0.3 is 0 Å². The maximum Gasteiger partial charge on any atom is 0.292 e. The fourth-order valence-corrected chi connectivity index (χ4v) is 3.23. The van der Waals surface area contributed by atoms with Crippen LogP contribution in [-0.2, 0) is 4.74 Å². The first kappa shape index (κ1) is 13.3. The third kappa shape index (κ3) is 2.14. The summed E-state index contributed by atoms with van der Waals surface area (Å²) in [4.78, 5) is 10.7. The lowest BCUT2D eigenvalue weighted by Gasteiger charge is -2.52. The lowest BCUT2D eigenvalue weighted by atomic mass is 9.68. The van der Waals surface area contributed by atoms with E-state index in [-0.39, 0.29) is 28.8 Å². The summed E-state index contributed by atoms with van der Waals surface area (Å²) in [6.45, 7) is 2.66. The average Bonchev–Trinajstić information content (AvgIpc) is 2.44. The Bertz CT molecular complexity index is 534. The summed E-state index contributed by atoms with van der Waals surface area (Å²) in [5.41, 5.74) is 7.77. The summed E-state index contributed by atoms with van der Waals surface area (Å²) in [5.74, 6) is 0.380. The number of rotatable bonds is 3. The zero-order chi connectivity index (χ0) is 14.3. The molecular weight excluding hydrogens is 258 g/mol. The smallest absolute Gasteiger partial charge is 0.292 e. The predicted molar refractivity (Wildman–Crippen MR) is 75.7 cm³/mol. The first-order chi connectivity index (χ1) is 9.58. The zero-order valence-electron chi connectivity index (χ0n) is 11.4. The molecule has 4 atom stereocenters. The molecule has 0 radical (unpaired) electrons. The number of nitro benzene ring substituents is 1. The fourth-order valence-electron chi connectivity index (χ4n) is 3.23. The second-order valence-corrected chi connectivity index (χ2v) is 5.67. The molecule has 1 saturated carbocycles. The third-order valence-corrected chi connectivity index (χ3v) is 4.35. The van der Waals surface area contributed by atoms with Crippen LogP contribution in [0.1, 0.15) is 18.4 Å². The molecule has 4 unspecified atom stereocenters. The molecule has 20 heavy (non-hydrogen) atoms. The van der Waals surface area contributed by atoms with E-state index < -0.39 is 0 Å². The molecule has 2 aliphatic rings. The average molecular weight is 277 g/mol. The highest BCUT2D eigenvalue weighted by atomic mass is 16.6. The molecule has 1 aliphatic carbocycles. The first-order valence-corrected chi connectivity index (χ1v) is 6.96. The Labute approximate surface area is 117 Å². The third-order valence-electron chi connectivity index (χ3n) is 4.35. The van der Waals surface area contributed by atoms with E-state index in [2.05, 4.69) is 5.32 Å². The van der Waals surface area contributed by atoms with Gasteiger partial charge in [0, 0.05) is 24.6 Å². The van der Waals surface area contributed by atoms with Crippen molar-refractivity contribution in [2.45, 2.75) is 38.0 Å². The van der Waals surface area contributed by atoms with Crippen LogP contribution in [0.25, 0.3) is 0 Å². The van der Waals surface area contributed by atoms with Crippen LogP contribution >= 0.6 is 0 Å². The van der Waals surface area contributed by atoms with Gasteiger partial charge < -0.3 is 15.8 Å². The second-order valence-electron chi connectivity index (χ2n) is 5.67. The van der Waals surface area contributed by atoms with Crippen LogP contribution in [-0.4, -0.2) is 29.7 Å². The van der Waals surface area contributed by atoms with Crippen molar-refractivity contribution in [1.29, 1.82) is 0 Å². The molecule has 6 heteroatoms. The number of nitrogens with two attached hydrogens (primary N) is 1. The van der Waals surface area contributed by atoms with Crippen molar-refractivity contribution in [3.8, 4) is 0 Å². The highest BCUT2D eigenvalue weighted by Gasteiger charge is 2.50. The van der Waals surface area contributed by atoms with Crippen LogP contribution < -0.4 is 11.1 Å².